The van der Waals surface area contributed by atoms with Crippen molar-refractivity contribution >= 4 is 23.5 Å². The molecule has 9 nitrogen and oxygen atoms in total. The molecule has 0 aliphatic carbocycles. The van der Waals surface area contributed by atoms with Crippen LogP contribution in [0.2, 0.25) is 0 Å². The number of thiazole rings is 1. The van der Waals surface area contributed by atoms with Crippen LogP contribution in [0.5, 0.6) is 17.4 Å². The van der Waals surface area contributed by atoms with Gasteiger partial charge in [-0.2, -0.15) is 0 Å². The van der Waals surface area contributed by atoms with Gasteiger partial charge in [0.2, 0.25) is 5.88 Å². The van der Waals surface area contributed by atoms with E-state index in [4.69, 9.17) is 28.1 Å². The molecule has 0 N–H and O–H groups in total. The molecule has 0 spiro atoms. The van der Waals surface area contributed by atoms with E-state index in [0.29, 0.717) is 47.1 Å². The van der Waals surface area contributed by atoms with E-state index in [0.717, 1.165) is 22.6 Å². The predicted octanol–water partition coefficient (Wildman–Crippen LogP) is 7.22. The van der Waals surface area contributed by atoms with E-state index in [1.165, 1.54) is 0 Å². The molecule has 2 aromatic carbocycles. The highest BCUT2D eigenvalue weighted by molar-refractivity contribution is 7.07. The fraction of sp³-hybridized carbons (Fsp3) is 0.129. The zero-order valence-electron chi connectivity index (χ0n) is 22.4. The van der Waals surface area contributed by atoms with E-state index in [1.54, 1.807) is 42.4 Å². The number of aryl methyl sites for hydroxylation is 1. The second-order valence-electron chi connectivity index (χ2n) is 8.96. The summed E-state index contributed by atoms with van der Waals surface area (Å²) in [6.45, 7) is 2.36. The highest BCUT2D eigenvalue weighted by atomic mass is 32.1. The van der Waals surface area contributed by atoms with Gasteiger partial charge in [-0.25, -0.2) is 14.6 Å². The number of oxazole rings is 1. The SMILES string of the molecule is COc1cc(COc2cc(C=Cc3cscn3)n(-c3ccccc3)n2)ccc1OCc1nc(-c2ccco2)oc1C. The highest BCUT2D eigenvalue weighted by Crippen LogP contribution is 2.30. The van der Waals surface area contributed by atoms with Crippen LogP contribution in [0.4, 0.5) is 0 Å². The average Bonchev–Trinajstić information content (AvgIpc) is 3.82. The third kappa shape index (κ3) is 6.07. The molecule has 4 heterocycles. The largest absolute Gasteiger partial charge is 0.493 e. The summed E-state index contributed by atoms with van der Waals surface area (Å²) >= 11 is 1.55. The van der Waals surface area contributed by atoms with Crippen molar-refractivity contribution in [3.8, 4) is 34.7 Å². The molecule has 0 unspecified atom stereocenters. The molecule has 0 bridgehead atoms. The molecule has 0 aliphatic heterocycles. The van der Waals surface area contributed by atoms with Crippen molar-refractivity contribution < 1.29 is 23.0 Å². The number of hydrogen-bond donors (Lipinski definition) is 0. The Morgan fingerprint density at radius 3 is 2.63 bits per heavy atom. The highest BCUT2D eigenvalue weighted by Gasteiger charge is 2.16. The Morgan fingerprint density at radius 1 is 0.951 bits per heavy atom. The third-order valence-corrected chi connectivity index (χ3v) is 6.80. The molecule has 0 atom stereocenters. The lowest BCUT2D eigenvalue weighted by Gasteiger charge is -2.12. The quantitative estimate of drug-likeness (QED) is 0.162. The number of nitrogens with zero attached hydrogens (tertiary/aromatic N) is 4. The van der Waals surface area contributed by atoms with Crippen LogP contribution < -0.4 is 14.2 Å². The summed E-state index contributed by atoms with van der Waals surface area (Å²) < 4.78 is 30.6. The number of ether oxygens (including phenoxy) is 3. The summed E-state index contributed by atoms with van der Waals surface area (Å²) in [7, 11) is 1.60. The number of para-hydroxylation sites is 1. The Bertz CT molecular complexity index is 1740. The summed E-state index contributed by atoms with van der Waals surface area (Å²) in [4.78, 5) is 8.82. The minimum atomic E-state index is 0.219. The summed E-state index contributed by atoms with van der Waals surface area (Å²) in [5.41, 5.74) is 6.09. The second-order valence-corrected chi connectivity index (χ2v) is 9.68. The van der Waals surface area contributed by atoms with Crippen LogP contribution >= 0.6 is 11.3 Å². The van der Waals surface area contributed by atoms with E-state index in [-0.39, 0.29) is 6.61 Å². The zero-order valence-corrected chi connectivity index (χ0v) is 23.2. The van der Waals surface area contributed by atoms with Gasteiger partial charge in [-0.15, -0.1) is 16.4 Å². The maximum Gasteiger partial charge on any atom is 0.263 e. The van der Waals surface area contributed by atoms with Gasteiger partial charge in [0.25, 0.3) is 5.89 Å². The van der Waals surface area contributed by atoms with E-state index < -0.39 is 0 Å². The van der Waals surface area contributed by atoms with Crippen LogP contribution in [0.15, 0.2) is 92.7 Å². The van der Waals surface area contributed by atoms with Crippen molar-refractivity contribution in [3.63, 3.8) is 0 Å². The Morgan fingerprint density at radius 2 is 1.85 bits per heavy atom. The smallest absolute Gasteiger partial charge is 0.263 e. The monoisotopic (exact) mass is 566 g/mol. The number of aromatic nitrogens is 4. The van der Waals surface area contributed by atoms with Gasteiger partial charge in [0.1, 0.15) is 24.7 Å². The standard InChI is InChI=1S/C31H26N4O5S/c1-21-26(33-31(40-21)28-9-6-14-37-28)18-38-27-13-10-22(15-29(27)36-2)17-39-30-16-25(12-11-23-19-41-20-32-23)35(34-30)24-7-4-3-5-8-24/h3-16,19-20H,17-18H2,1-2H3. The Labute approximate surface area is 240 Å². The molecular formula is C31H26N4O5S. The van der Waals surface area contributed by atoms with Gasteiger partial charge in [0.15, 0.2) is 17.3 Å². The Kier molecular flexibility index (Phi) is 7.63. The molecular weight excluding hydrogens is 540 g/mol. The lowest BCUT2D eigenvalue weighted by atomic mass is 10.2. The van der Waals surface area contributed by atoms with Crippen molar-refractivity contribution in [2.45, 2.75) is 20.1 Å². The first-order valence-corrected chi connectivity index (χ1v) is 13.7. The minimum absolute atomic E-state index is 0.219. The maximum atomic E-state index is 6.09. The lowest BCUT2D eigenvalue weighted by molar-refractivity contribution is 0.275. The molecule has 0 amide bonds. The molecule has 4 aromatic heterocycles. The van der Waals surface area contributed by atoms with Crippen LogP contribution in [0.25, 0.3) is 29.5 Å². The Balaban J connectivity index is 1.15. The van der Waals surface area contributed by atoms with Gasteiger partial charge >= 0.3 is 0 Å². The van der Waals surface area contributed by atoms with Gasteiger partial charge in [-0.3, -0.25) is 0 Å². The second kappa shape index (κ2) is 12.0. The summed E-state index contributed by atoms with van der Waals surface area (Å²) in [6, 6.07) is 21.1. The van der Waals surface area contributed by atoms with Gasteiger partial charge in [-0.1, -0.05) is 24.3 Å². The Hall–Kier alpha value is -5.09. The van der Waals surface area contributed by atoms with Gasteiger partial charge < -0.3 is 23.0 Å². The van der Waals surface area contributed by atoms with Crippen molar-refractivity contribution in [3.05, 3.63) is 112 Å². The van der Waals surface area contributed by atoms with Crippen LogP contribution in [0.3, 0.4) is 0 Å². The first-order chi connectivity index (χ1) is 20.2. The number of furan rings is 1. The molecule has 0 radical (unpaired) electrons. The van der Waals surface area contributed by atoms with Gasteiger partial charge in [0, 0.05) is 11.4 Å². The van der Waals surface area contributed by atoms with Gasteiger partial charge in [0.05, 0.1) is 36.0 Å². The van der Waals surface area contributed by atoms with Gasteiger partial charge in [-0.05, 0) is 61.0 Å². The molecule has 0 fully saturated rings. The fourth-order valence-electron chi connectivity index (χ4n) is 4.10. The van der Waals surface area contributed by atoms with E-state index in [9.17, 15) is 0 Å². The minimum Gasteiger partial charge on any atom is -0.493 e. The van der Waals surface area contributed by atoms with Crippen LogP contribution in [0, 0.1) is 6.92 Å². The third-order valence-electron chi connectivity index (χ3n) is 6.20. The molecule has 0 saturated heterocycles. The molecule has 206 valence electrons. The number of hydrogen-bond acceptors (Lipinski definition) is 9. The number of benzene rings is 2. The molecule has 10 heteroatoms. The van der Waals surface area contributed by atoms with Crippen molar-refractivity contribution in [2.24, 2.45) is 0 Å². The van der Waals surface area contributed by atoms with Crippen molar-refractivity contribution in [2.75, 3.05) is 7.11 Å². The molecule has 0 aliphatic rings. The van der Waals surface area contributed by atoms with E-state index in [1.807, 2.05) is 83.7 Å². The molecule has 0 saturated carbocycles. The number of rotatable bonds is 11. The molecule has 41 heavy (non-hydrogen) atoms. The average molecular weight is 567 g/mol. The van der Waals surface area contributed by atoms with E-state index in [2.05, 4.69) is 9.97 Å². The first kappa shape index (κ1) is 26.1. The van der Waals surface area contributed by atoms with Crippen molar-refractivity contribution in [1.29, 1.82) is 0 Å². The molecule has 6 rings (SSSR count). The lowest BCUT2D eigenvalue weighted by Crippen LogP contribution is -2.02. The fourth-order valence-corrected chi connectivity index (χ4v) is 4.63. The predicted molar refractivity (Wildman–Crippen MR) is 155 cm³/mol. The summed E-state index contributed by atoms with van der Waals surface area (Å²) in [5.74, 6) is 3.32. The van der Waals surface area contributed by atoms with Crippen LogP contribution in [-0.4, -0.2) is 26.9 Å². The molecule has 6 aromatic rings. The summed E-state index contributed by atoms with van der Waals surface area (Å²) in [5, 5.41) is 6.68. The van der Waals surface area contributed by atoms with Crippen LogP contribution in [-0.2, 0) is 13.2 Å². The normalized spacial score (nSPS) is 11.3. The van der Waals surface area contributed by atoms with Crippen LogP contribution in [0.1, 0.15) is 28.4 Å². The van der Waals surface area contributed by atoms with Crippen molar-refractivity contribution in [1.82, 2.24) is 19.7 Å². The zero-order chi connectivity index (χ0) is 28.0. The van der Waals surface area contributed by atoms with E-state index >= 15 is 0 Å². The number of methoxy groups -OCH3 is 1. The maximum absolute atomic E-state index is 6.09. The topological polar surface area (TPSA) is 97.6 Å². The summed E-state index contributed by atoms with van der Waals surface area (Å²) in [6.07, 6.45) is 5.51. The first-order valence-electron chi connectivity index (χ1n) is 12.8.